The number of benzene rings is 2. The first kappa shape index (κ1) is 25.6. The third-order valence-electron chi connectivity index (χ3n) is 5.51. The Hall–Kier alpha value is -2.05. The van der Waals surface area contributed by atoms with E-state index in [2.05, 4.69) is 10.4 Å². The molecule has 0 aliphatic heterocycles. The fraction of sp³-hybridized carbons (Fsp3) is 0.360. The van der Waals surface area contributed by atoms with E-state index < -0.39 is 0 Å². The van der Waals surface area contributed by atoms with Gasteiger partial charge in [0.25, 0.3) is 5.91 Å². The highest BCUT2D eigenvalue weighted by atomic mass is 35.5. The minimum atomic E-state index is -0.199. The summed E-state index contributed by atoms with van der Waals surface area (Å²) in [6.07, 6.45) is 6.59. The quantitative estimate of drug-likeness (QED) is 0.279. The zero-order valence-electron chi connectivity index (χ0n) is 18.7. The fourth-order valence-corrected chi connectivity index (χ4v) is 4.36. The zero-order valence-corrected chi connectivity index (χ0v) is 21.0. The van der Waals surface area contributed by atoms with Crippen molar-refractivity contribution in [1.29, 1.82) is 0 Å². The van der Waals surface area contributed by atoms with Crippen LogP contribution in [0.4, 0.5) is 0 Å². The van der Waals surface area contributed by atoms with E-state index in [1.54, 1.807) is 22.9 Å². The molecule has 0 saturated carbocycles. The van der Waals surface area contributed by atoms with Crippen molar-refractivity contribution in [3.63, 3.8) is 0 Å². The number of rotatable bonds is 11. The van der Waals surface area contributed by atoms with E-state index in [1.807, 2.05) is 31.2 Å². The normalized spacial score (nSPS) is 11.1. The van der Waals surface area contributed by atoms with E-state index in [9.17, 15) is 4.79 Å². The molecule has 3 aromatic rings. The van der Waals surface area contributed by atoms with E-state index >= 15 is 0 Å². The molecule has 5 nitrogen and oxygen atoms in total. The summed E-state index contributed by atoms with van der Waals surface area (Å²) in [5, 5.41) is 9.27. The Morgan fingerprint density at radius 2 is 1.58 bits per heavy atom. The van der Waals surface area contributed by atoms with Crippen LogP contribution in [0.3, 0.4) is 0 Å². The Kier molecular flexibility index (Phi) is 9.63. The second-order valence-corrected chi connectivity index (χ2v) is 9.28. The van der Waals surface area contributed by atoms with Crippen LogP contribution >= 0.6 is 34.8 Å². The van der Waals surface area contributed by atoms with Crippen LogP contribution in [0.5, 0.6) is 0 Å². The number of hydrogen-bond acceptors (Lipinski definition) is 3. The summed E-state index contributed by atoms with van der Waals surface area (Å²) in [6.45, 7) is 3.25. The van der Waals surface area contributed by atoms with Crippen LogP contribution in [0.1, 0.15) is 54.6 Å². The number of amides is 1. The molecule has 0 fully saturated rings. The van der Waals surface area contributed by atoms with Crippen LogP contribution in [-0.2, 0) is 0 Å². The van der Waals surface area contributed by atoms with Crippen LogP contribution in [0, 0.1) is 6.92 Å². The standard InChI is InChI=1S/C25H29Cl3N4O/c1-17-23(25(33)30-15-7-5-3-2-4-6-14-29)31-32(22-13-12-20(27)16-21(22)28)24(17)18-8-10-19(26)11-9-18/h8-13,16H,2-7,14-15,29H2,1H3,(H,30,33). The lowest BCUT2D eigenvalue weighted by Crippen LogP contribution is -2.25. The van der Waals surface area contributed by atoms with Gasteiger partial charge in [-0.1, -0.05) is 72.6 Å². The van der Waals surface area contributed by atoms with Gasteiger partial charge in [0.2, 0.25) is 0 Å². The monoisotopic (exact) mass is 506 g/mol. The molecule has 0 saturated heterocycles. The lowest BCUT2D eigenvalue weighted by molar-refractivity contribution is 0.0947. The highest BCUT2D eigenvalue weighted by Crippen LogP contribution is 2.33. The molecule has 1 amide bonds. The number of halogens is 3. The van der Waals surface area contributed by atoms with Crippen LogP contribution in [-0.4, -0.2) is 28.8 Å². The minimum absolute atomic E-state index is 0.199. The van der Waals surface area contributed by atoms with Gasteiger partial charge in [-0.05, 0) is 56.6 Å². The molecular formula is C25H29Cl3N4O. The molecular weight excluding hydrogens is 479 g/mol. The summed E-state index contributed by atoms with van der Waals surface area (Å²) in [4.78, 5) is 13.0. The van der Waals surface area contributed by atoms with Crippen molar-refractivity contribution in [1.82, 2.24) is 15.1 Å². The first-order valence-electron chi connectivity index (χ1n) is 11.2. The Morgan fingerprint density at radius 3 is 2.24 bits per heavy atom. The van der Waals surface area contributed by atoms with Crippen LogP contribution in [0.2, 0.25) is 15.1 Å². The van der Waals surface area contributed by atoms with Crippen LogP contribution < -0.4 is 11.1 Å². The highest BCUT2D eigenvalue weighted by Gasteiger charge is 2.23. The summed E-state index contributed by atoms with van der Waals surface area (Å²) in [5.41, 5.74) is 8.97. The number of unbranched alkanes of at least 4 members (excludes halogenated alkanes) is 5. The number of hydrogen-bond donors (Lipinski definition) is 2. The van der Waals surface area contributed by atoms with E-state index in [1.165, 1.54) is 12.8 Å². The molecule has 0 spiro atoms. The predicted octanol–water partition coefficient (Wildman–Crippen LogP) is 6.84. The third kappa shape index (κ3) is 6.73. The summed E-state index contributed by atoms with van der Waals surface area (Å²) >= 11 is 18.6. The maximum atomic E-state index is 13.0. The molecule has 0 aliphatic rings. The number of carbonyl (C=O) groups is 1. The van der Waals surface area contributed by atoms with Gasteiger partial charge in [0.15, 0.2) is 5.69 Å². The molecule has 33 heavy (non-hydrogen) atoms. The molecule has 0 bridgehead atoms. The fourth-order valence-electron chi connectivity index (χ4n) is 3.75. The SMILES string of the molecule is Cc1c(C(=O)NCCCCCCCCN)nn(-c2ccc(Cl)cc2Cl)c1-c1ccc(Cl)cc1. The number of nitrogens with zero attached hydrogens (tertiary/aromatic N) is 2. The Morgan fingerprint density at radius 1 is 0.939 bits per heavy atom. The molecule has 3 rings (SSSR count). The average molecular weight is 508 g/mol. The first-order valence-corrected chi connectivity index (χ1v) is 12.3. The van der Waals surface area contributed by atoms with Gasteiger partial charge in [-0.2, -0.15) is 5.10 Å². The van der Waals surface area contributed by atoms with Crippen molar-refractivity contribution < 1.29 is 4.79 Å². The van der Waals surface area contributed by atoms with Crippen molar-refractivity contribution in [3.05, 3.63) is 68.8 Å². The Bertz CT molecular complexity index is 1080. The van der Waals surface area contributed by atoms with Crippen LogP contribution in [0.25, 0.3) is 16.9 Å². The summed E-state index contributed by atoms with van der Waals surface area (Å²) < 4.78 is 1.70. The van der Waals surface area contributed by atoms with Crippen LogP contribution in [0.15, 0.2) is 42.5 Å². The van der Waals surface area contributed by atoms with Gasteiger partial charge in [0, 0.05) is 27.7 Å². The third-order valence-corrected chi connectivity index (χ3v) is 6.30. The number of nitrogens with one attached hydrogen (secondary N) is 1. The highest BCUT2D eigenvalue weighted by molar-refractivity contribution is 6.35. The summed E-state index contributed by atoms with van der Waals surface area (Å²) in [7, 11) is 0. The van der Waals surface area contributed by atoms with E-state index in [4.69, 9.17) is 40.5 Å². The van der Waals surface area contributed by atoms with Gasteiger partial charge in [-0.3, -0.25) is 4.79 Å². The molecule has 0 radical (unpaired) electrons. The summed E-state index contributed by atoms with van der Waals surface area (Å²) in [6, 6.07) is 12.6. The average Bonchev–Trinajstić information content (AvgIpc) is 3.13. The lowest BCUT2D eigenvalue weighted by atomic mass is 10.1. The second kappa shape index (κ2) is 12.4. The molecule has 176 valence electrons. The molecule has 8 heteroatoms. The second-order valence-electron chi connectivity index (χ2n) is 8.00. The molecule has 3 N–H and O–H groups in total. The number of nitrogens with two attached hydrogens (primary N) is 1. The van der Waals surface area contributed by atoms with E-state index in [0.29, 0.717) is 33.0 Å². The minimum Gasteiger partial charge on any atom is -0.351 e. The van der Waals surface area contributed by atoms with Gasteiger partial charge < -0.3 is 11.1 Å². The first-order chi connectivity index (χ1) is 15.9. The molecule has 1 heterocycles. The van der Waals surface area contributed by atoms with Gasteiger partial charge in [-0.15, -0.1) is 0 Å². The maximum absolute atomic E-state index is 13.0. The van der Waals surface area contributed by atoms with E-state index in [-0.39, 0.29) is 5.91 Å². The smallest absolute Gasteiger partial charge is 0.272 e. The maximum Gasteiger partial charge on any atom is 0.272 e. The predicted molar refractivity (Wildman–Crippen MR) is 138 cm³/mol. The van der Waals surface area contributed by atoms with Gasteiger partial charge in [0.05, 0.1) is 16.4 Å². The van der Waals surface area contributed by atoms with Crippen molar-refractivity contribution >= 4 is 40.7 Å². The lowest BCUT2D eigenvalue weighted by Gasteiger charge is -2.11. The van der Waals surface area contributed by atoms with Crippen molar-refractivity contribution in [2.24, 2.45) is 5.73 Å². The van der Waals surface area contributed by atoms with E-state index in [0.717, 1.165) is 49.0 Å². The molecule has 0 atom stereocenters. The van der Waals surface area contributed by atoms with Crippen molar-refractivity contribution in [2.45, 2.75) is 45.4 Å². The number of aromatic nitrogens is 2. The molecule has 2 aromatic carbocycles. The van der Waals surface area contributed by atoms with Crippen molar-refractivity contribution in [2.75, 3.05) is 13.1 Å². The molecule has 1 aromatic heterocycles. The van der Waals surface area contributed by atoms with Gasteiger partial charge in [0.1, 0.15) is 0 Å². The Labute approximate surface area is 210 Å². The largest absolute Gasteiger partial charge is 0.351 e. The van der Waals surface area contributed by atoms with Crippen molar-refractivity contribution in [3.8, 4) is 16.9 Å². The Balaban J connectivity index is 1.81. The summed E-state index contributed by atoms with van der Waals surface area (Å²) in [5.74, 6) is -0.199. The number of carbonyl (C=O) groups excluding carboxylic acids is 1. The molecule has 0 unspecified atom stereocenters. The molecule has 0 aliphatic carbocycles. The van der Waals surface area contributed by atoms with Gasteiger partial charge in [-0.25, -0.2) is 4.68 Å². The topological polar surface area (TPSA) is 72.9 Å². The zero-order chi connectivity index (χ0) is 23.8. The van der Waals surface area contributed by atoms with Gasteiger partial charge >= 0.3 is 0 Å².